The maximum Gasteiger partial charge on any atom is 0.338 e. The van der Waals surface area contributed by atoms with Crippen LogP contribution in [-0.4, -0.2) is 37.7 Å². The van der Waals surface area contributed by atoms with Crippen LogP contribution in [0.1, 0.15) is 41.7 Å². The number of aromatic carboxylic acids is 1. The fraction of sp³-hybridized carbons (Fsp3) is 0.353. The number of halogens is 1. The van der Waals surface area contributed by atoms with Gasteiger partial charge in [-0.25, -0.2) is 4.79 Å². The Morgan fingerprint density at radius 2 is 2.12 bits per heavy atom. The van der Waals surface area contributed by atoms with Gasteiger partial charge in [-0.05, 0) is 31.4 Å². The van der Waals surface area contributed by atoms with Crippen molar-refractivity contribution in [3.8, 4) is 0 Å². The summed E-state index contributed by atoms with van der Waals surface area (Å²) < 4.78 is 1.36. The Kier molecular flexibility index (Phi) is 4.57. The lowest BCUT2D eigenvalue weighted by atomic mass is 10.1. The minimum absolute atomic E-state index is 0.0125. The monoisotopic (exact) mass is 347 g/mol. The molecule has 1 aromatic carbocycles. The first kappa shape index (κ1) is 16.5. The molecule has 126 valence electrons. The predicted octanol–water partition coefficient (Wildman–Crippen LogP) is 2.99. The zero-order valence-corrected chi connectivity index (χ0v) is 14.0. The van der Waals surface area contributed by atoms with Crippen LogP contribution in [0.25, 0.3) is 0 Å². The van der Waals surface area contributed by atoms with E-state index in [2.05, 4.69) is 5.10 Å². The number of carboxylic acid groups (broad SMARTS) is 1. The predicted molar refractivity (Wildman–Crippen MR) is 88.9 cm³/mol. The summed E-state index contributed by atoms with van der Waals surface area (Å²) in [6.45, 7) is 1.97. The number of nitrogens with zero attached hydrogens (tertiary/aromatic N) is 3. The molecule has 6 nitrogen and oxygen atoms in total. The number of carbonyl (C=O) groups excluding carboxylic acids is 1. The number of carbonyl (C=O) groups is 2. The maximum absolute atomic E-state index is 12.8. The highest BCUT2D eigenvalue weighted by Crippen LogP contribution is 2.36. The van der Waals surface area contributed by atoms with Crippen molar-refractivity contribution in [1.82, 2.24) is 14.7 Å². The molecule has 1 saturated carbocycles. The molecule has 1 aliphatic carbocycles. The van der Waals surface area contributed by atoms with Crippen LogP contribution in [0, 0.1) is 0 Å². The highest BCUT2D eigenvalue weighted by molar-refractivity contribution is 6.31. The van der Waals surface area contributed by atoms with Crippen LogP contribution in [0.4, 0.5) is 0 Å². The zero-order chi connectivity index (χ0) is 17.3. The Labute approximate surface area is 144 Å². The highest BCUT2D eigenvalue weighted by atomic mass is 35.5. The summed E-state index contributed by atoms with van der Waals surface area (Å²) in [6, 6.07) is 7.56. The van der Waals surface area contributed by atoms with E-state index in [4.69, 9.17) is 16.7 Å². The second-order valence-electron chi connectivity index (χ2n) is 5.96. The van der Waals surface area contributed by atoms with Gasteiger partial charge in [-0.3, -0.25) is 9.48 Å². The Hall–Kier alpha value is -2.34. The Morgan fingerprint density at radius 3 is 2.71 bits per heavy atom. The Balaban J connectivity index is 1.79. The standard InChI is InChI=1S/C17H18ClN3O3/c1-11(14-4-2-3-5-15(14)18)21(13-6-7-13)16(22)10-20-9-12(8-19-20)17(23)24/h2-5,8-9,11,13H,6-7,10H2,1H3,(H,23,24). The molecule has 1 fully saturated rings. The normalized spacial score (nSPS) is 15.1. The van der Waals surface area contributed by atoms with Crippen LogP contribution < -0.4 is 0 Å². The molecular formula is C17H18ClN3O3. The molecule has 1 aliphatic rings. The topological polar surface area (TPSA) is 75.4 Å². The number of rotatable bonds is 6. The van der Waals surface area contributed by atoms with Crippen molar-refractivity contribution >= 4 is 23.5 Å². The molecule has 1 N–H and O–H groups in total. The third kappa shape index (κ3) is 3.43. The molecule has 1 aromatic heterocycles. The van der Waals surface area contributed by atoms with Crippen molar-refractivity contribution in [2.75, 3.05) is 0 Å². The molecule has 1 amide bonds. The van der Waals surface area contributed by atoms with E-state index in [1.165, 1.54) is 17.1 Å². The van der Waals surface area contributed by atoms with Gasteiger partial charge >= 0.3 is 5.97 Å². The average molecular weight is 348 g/mol. The lowest BCUT2D eigenvalue weighted by Gasteiger charge is -2.30. The summed E-state index contributed by atoms with van der Waals surface area (Å²) >= 11 is 6.27. The first-order chi connectivity index (χ1) is 11.5. The van der Waals surface area contributed by atoms with E-state index in [0.717, 1.165) is 18.4 Å². The van der Waals surface area contributed by atoms with Gasteiger partial charge < -0.3 is 10.0 Å². The molecule has 0 saturated heterocycles. The van der Waals surface area contributed by atoms with Crippen LogP contribution in [0.3, 0.4) is 0 Å². The van der Waals surface area contributed by atoms with Gasteiger partial charge in [0.1, 0.15) is 6.54 Å². The number of benzene rings is 1. The highest BCUT2D eigenvalue weighted by Gasteiger charge is 2.36. The molecule has 0 radical (unpaired) electrons. The third-order valence-electron chi connectivity index (χ3n) is 4.18. The van der Waals surface area contributed by atoms with Crippen LogP contribution in [0.2, 0.25) is 5.02 Å². The van der Waals surface area contributed by atoms with Crippen molar-refractivity contribution in [3.05, 3.63) is 52.8 Å². The average Bonchev–Trinajstić information content (AvgIpc) is 3.25. The fourth-order valence-electron chi connectivity index (χ4n) is 2.83. The smallest absolute Gasteiger partial charge is 0.338 e. The van der Waals surface area contributed by atoms with E-state index in [-0.39, 0.29) is 30.1 Å². The summed E-state index contributed by atoms with van der Waals surface area (Å²) in [5.74, 6) is -1.15. The van der Waals surface area contributed by atoms with Crippen molar-refractivity contribution in [2.24, 2.45) is 0 Å². The first-order valence-corrected chi connectivity index (χ1v) is 8.16. The minimum atomic E-state index is -1.06. The zero-order valence-electron chi connectivity index (χ0n) is 13.2. The number of hydrogen-bond donors (Lipinski definition) is 1. The van der Waals surface area contributed by atoms with Gasteiger partial charge in [0.25, 0.3) is 0 Å². The van der Waals surface area contributed by atoms with Gasteiger partial charge in [-0.1, -0.05) is 29.8 Å². The number of aromatic nitrogens is 2. The lowest BCUT2D eigenvalue weighted by Crippen LogP contribution is -2.38. The van der Waals surface area contributed by atoms with E-state index < -0.39 is 5.97 Å². The van der Waals surface area contributed by atoms with Gasteiger partial charge in [-0.15, -0.1) is 0 Å². The Morgan fingerprint density at radius 1 is 1.42 bits per heavy atom. The molecule has 0 bridgehead atoms. The second-order valence-corrected chi connectivity index (χ2v) is 6.37. The summed E-state index contributed by atoms with van der Waals surface area (Å²) in [4.78, 5) is 25.5. The number of amides is 1. The van der Waals surface area contributed by atoms with E-state index in [0.29, 0.717) is 5.02 Å². The minimum Gasteiger partial charge on any atom is -0.478 e. The molecule has 1 unspecified atom stereocenters. The number of hydrogen-bond acceptors (Lipinski definition) is 3. The van der Waals surface area contributed by atoms with Crippen LogP contribution >= 0.6 is 11.6 Å². The van der Waals surface area contributed by atoms with Crippen molar-refractivity contribution < 1.29 is 14.7 Å². The summed E-state index contributed by atoms with van der Waals surface area (Å²) in [6.07, 6.45) is 4.56. The Bertz CT molecular complexity index is 770. The summed E-state index contributed by atoms with van der Waals surface area (Å²) in [5.41, 5.74) is 0.978. The molecule has 1 atom stereocenters. The van der Waals surface area contributed by atoms with Crippen molar-refractivity contribution in [3.63, 3.8) is 0 Å². The van der Waals surface area contributed by atoms with E-state index >= 15 is 0 Å². The molecule has 1 heterocycles. The molecule has 7 heteroatoms. The van der Waals surface area contributed by atoms with Crippen LogP contribution in [0.15, 0.2) is 36.7 Å². The van der Waals surface area contributed by atoms with Gasteiger partial charge in [0, 0.05) is 17.3 Å². The maximum atomic E-state index is 12.8. The molecular weight excluding hydrogens is 330 g/mol. The summed E-state index contributed by atoms with van der Waals surface area (Å²) in [5, 5.41) is 13.5. The van der Waals surface area contributed by atoms with Crippen molar-refractivity contribution in [2.45, 2.75) is 38.4 Å². The third-order valence-corrected chi connectivity index (χ3v) is 4.52. The van der Waals surface area contributed by atoms with E-state index in [9.17, 15) is 9.59 Å². The lowest BCUT2D eigenvalue weighted by molar-refractivity contribution is -0.134. The van der Waals surface area contributed by atoms with E-state index in [1.807, 2.05) is 36.1 Å². The number of carboxylic acids is 1. The van der Waals surface area contributed by atoms with Crippen LogP contribution in [0.5, 0.6) is 0 Å². The quantitative estimate of drug-likeness (QED) is 0.871. The van der Waals surface area contributed by atoms with Gasteiger partial charge in [0.2, 0.25) is 5.91 Å². The second kappa shape index (κ2) is 6.65. The first-order valence-electron chi connectivity index (χ1n) is 7.78. The SMILES string of the molecule is CC(c1ccccc1Cl)N(C(=O)Cn1cc(C(=O)O)cn1)C1CC1. The molecule has 0 spiro atoms. The van der Waals surface area contributed by atoms with Gasteiger partial charge in [-0.2, -0.15) is 5.10 Å². The molecule has 2 aromatic rings. The molecule has 24 heavy (non-hydrogen) atoms. The van der Waals surface area contributed by atoms with Gasteiger partial charge in [0.15, 0.2) is 0 Å². The summed E-state index contributed by atoms with van der Waals surface area (Å²) in [7, 11) is 0. The van der Waals surface area contributed by atoms with E-state index in [1.54, 1.807) is 0 Å². The molecule has 3 rings (SSSR count). The van der Waals surface area contributed by atoms with Gasteiger partial charge in [0.05, 0.1) is 17.8 Å². The largest absolute Gasteiger partial charge is 0.478 e. The van der Waals surface area contributed by atoms with Crippen LogP contribution in [-0.2, 0) is 11.3 Å². The fourth-order valence-corrected chi connectivity index (χ4v) is 3.13. The molecule has 0 aliphatic heterocycles. The van der Waals surface area contributed by atoms with Crippen molar-refractivity contribution in [1.29, 1.82) is 0 Å².